The van der Waals surface area contributed by atoms with Gasteiger partial charge < -0.3 is 10.6 Å². The van der Waals surface area contributed by atoms with E-state index in [1.165, 1.54) is 32.1 Å². The van der Waals surface area contributed by atoms with Gasteiger partial charge in [0.1, 0.15) is 0 Å². The minimum atomic E-state index is 0.371. The Balaban J connectivity index is 1.73. The van der Waals surface area contributed by atoms with Gasteiger partial charge in [-0.2, -0.15) is 0 Å². The Hall–Kier alpha value is -0.570. The highest BCUT2D eigenvalue weighted by atomic mass is 16.2. The number of nitrogens with two attached hydrogens (primary N) is 1. The molecule has 0 spiro atoms. The molecule has 2 unspecified atom stereocenters. The number of amides is 1. The molecular weight excluding hydrogens is 236 g/mol. The summed E-state index contributed by atoms with van der Waals surface area (Å²) in [5, 5.41) is 0. The van der Waals surface area contributed by atoms with E-state index in [-0.39, 0.29) is 0 Å². The van der Waals surface area contributed by atoms with Crippen molar-refractivity contribution in [1.82, 2.24) is 4.90 Å². The Morgan fingerprint density at radius 3 is 2.63 bits per heavy atom. The molecule has 1 saturated carbocycles. The van der Waals surface area contributed by atoms with Crippen molar-refractivity contribution in [3.8, 4) is 0 Å². The van der Waals surface area contributed by atoms with E-state index in [1.807, 2.05) is 0 Å². The highest BCUT2D eigenvalue weighted by Crippen LogP contribution is 2.28. The van der Waals surface area contributed by atoms with Gasteiger partial charge in [0.2, 0.25) is 5.91 Å². The summed E-state index contributed by atoms with van der Waals surface area (Å²) >= 11 is 0. The minimum Gasteiger partial charge on any atom is -0.342 e. The summed E-state index contributed by atoms with van der Waals surface area (Å²) < 4.78 is 0. The van der Waals surface area contributed by atoms with Crippen LogP contribution in [0.5, 0.6) is 0 Å². The molecular formula is C16H30N2O. The van der Waals surface area contributed by atoms with E-state index in [2.05, 4.69) is 11.8 Å². The van der Waals surface area contributed by atoms with Gasteiger partial charge in [-0.05, 0) is 37.1 Å². The number of rotatable bonds is 4. The molecule has 1 saturated heterocycles. The summed E-state index contributed by atoms with van der Waals surface area (Å²) in [6.07, 6.45) is 9.81. The van der Waals surface area contributed by atoms with Crippen LogP contribution in [0.1, 0.15) is 58.3 Å². The van der Waals surface area contributed by atoms with E-state index >= 15 is 0 Å². The van der Waals surface area contributed by atoms with E-state index in [9.17, 15) is 4.79 Å². The monoisotopic (exact) mass is 266 g/mol. The lowest BCUT2D eigenvalue weighted by molar-refractivity contribution is -0.134. The molecule has 2 fully saturated rings. The Kier molecular flexibility index (Phi) is 5.68. The van der Waals surface area contributed by atoms with Crippen molar-refractivity contribution in [1.29, 1.82) is 0 Å². The fraction of sp³-hybridized carbons (Fsp3) is 0.938. The zero-order chi connectivity index (χ0) is 13.7. The zero-order valence-electron chi connectivity index (χ0n) is 12.4. The van der Waals surface area contributed by atoms with Crippen molar-refractivity contribution >= 4 is 5.91 Å². The van der Waals surface area contributed by atoms with Gasteiger partial charge in [0.05, 0.1) is 0 Å². The second-order valence-corrected chi connectivity index (χ2v) is 6.64. The zero-order valence-corrected chi connectivity index (χ0v) is 12.4. The van der Waals surface area contributed by atoms with Gasteiger partial charge >= 0.3 is 0 Å². The average molecular weight is 266 g/mol. The van der Waals surface area contributed by atoms with Gasteiger partial charge in [-0.1, -0.05) is 39.0 Å². The molecule has 1 amide bonds. The summed E-state index contributed by atoms with van der Waals surface area (Å²) in [4.78, 5) is 14.4. The predicted octanol–water partition coefficient (Wildman–Crippen LogP) is 2.79. The van der Waals surface area contributed by atoms with Crippen molar-refractivity contribution in [2.45, 2.75) is 58.3 Å². The van der Waals surface area contributed by atoms with Crippen molar-refractivity contribution in [2.24, 2.45) is 23.5 Å². The van der Waals surface area contributed by atoms with Crippen molar-refractivity contribution < 1.29 is 4.79 Å². The lowest BCUT2D eigenvalue weighted by Crippen LogP contribution is -2.45. The topological polar surface area (TPSA) is 46.3 Å². The first kappa shape index (κ1) is 14.8. The van der Waals surface area contributed by atoms with E-state index in [4.69, 9.17) is 5.73 Å². The first-order chi connectivity index (χ1) is 9.20. The first-order valence-corrected chi connectivity index (χ1v) is 8.18. The van der Waals surface area contributed by atoms with Crippen molar-refractivity contribution in [3.63, 3.8) is 0 Å². The van der Waals surface area contributed by atoms with Crippen LogP contribution in [-0.2, 0) is 4.79 Å². The molecule has 3 heteroatoms. The van der Waals surface area contributed by atoms with Crippen LogP contribution in [0.4, 0.5) is 0 Å². The Morgan fingerprint density at radius 1 is 1.21 bits per heavy atom. The molecule has 2 atom stereocenters. The lowest BCUT2D eigenvalue weighted by atomic mass is 9.85. The number of nitrogens with zero attached hydrogens (tertiary/aromatic N) is 1. The maximum absolute atomic E-state index is 12.3. The number of hydrogen-bond acceptors (Lipinski definition) is 2. The molecule has 19 heavy (non-hydrogen) atoms. The molecule has 0 radical (unpaired) electrons. The molecule has 110 valence electrons. The predicted molar refractivity (Wildman–Crippen MR) is 78.7 cm³/mol. The van der Waals surface area contributed by atoms with Crippen LogP contribution in [0.25, 0.3) is 0 Å². The molecule has 3 nitrogen and oxygen atoms in total. The largest absolute Gasteiger partial charge is 0.342 e. The summed E-state index contributed by atoms with van der Waals surface area (Å²) in [6.45, 7) is 4.82. The molecule has 0 aromatic heterocycles. The van der Waals surface area contributed by atoms with E-state index in [0.717, 1.165) is 38.3 Å². The number of carbonyl (C=O) groups is 1. The second-order valence-electron chi connectivity index (χ2n) is 6.64. The maximum Gasteiger partial charge on any atom is 0.222 e. The SMILES string of the molecule is CC1CCN(C(=O)CCC2CCCCC2)CC1CN. The fourth-order valence-corrected chi connectivity index (χ4v) is 3.64. The fourth-order valence-electron chi connectivity index (χ4n) is 3.64. The minimum absolute atomic E-state index is 0.371. The summed E-state index contributed by atoms with van der Waals surface area (Å²) in [5.41, 5.74) is 5.81. The van der Waals surface area contributed by atoms with Crippen LogP contribution in [0.3, 0.4) is 0 Å². The molecule has 0 aromatic rings. The highest BCUT2D eigenvalue weighted by molar-refractivity contribution is 5.76. The number of hydrogen-bond donors (Lipinski definition) is 1. The van der Waals surface area contributed by atoms with E-state index in [0.29, 0.717) is 24.3 Å². The van der Waals surface area contributed by atoms with Crippen LogP contribution < -0.4 is 5.73 Å². The average Bonchev–Trinajstić information content (AvgIpc) is 2.46. The van der Waals surface area contributed by atoms with E-state index < -0.39 is 0 Å². The Bertz CT molecular complexity index is 286. The summed E-state index contributed by atoms with van der Waals surface area (Å²) in [5.74, 6) is 2.36. The van der Waals surface area contributed by atoms with Crippen LogP contribution in [0, 0.1) is 17.8 Å². The molecule has 1 aliphatic carbocycles. The summed E-state index contributed by atoms with van der Waals surface area (Å²) in [7, 11) is 0. The molecule has 2 N–H and O–H groups in total. The lowest BCUT2D eigenvalue weighted by Gasteiger charge is -2.37. The number of carbonyl (C=O) groups excluding carboxylic acids is 1. The second kappa shape index (κ2) is 7.28. The van der Waals surface area contributed by atoms with Crippen LogP contribution in [0.15, 0.2) is 0 Å². The third-order valence-electron chi connectivity index (χ3n) is 5.26. The smallest absolute Gasteiger partial charge is 0.222 e. The molecule has 2 aliphatic rings. The van der Waals surface area contributed by atoms with Gasteiger partial charge in [0.25, 0.3) is 0 Å². The highest BCUT2D eigenvalue weighted by Gasteiger charge is 2.28. The van der Waals surface area contributed by atoms with Crippen LogP contribution in [0.2, 0.25) is 0 Å². The summed E-state index contributed by atoms with van der Waals surface area (Å²) in [6, 6.07) is 0. The first-order valence-electron chi connectivity index (χ1n) is 8.18. The molecule has 1 aliphatic heterocycles. The Labute approximate surface area is 117 Å². The van der Waals surface area contributed by atoms with Crippen molar-refractivity contribution in [2.75, 3.05) is 19.6 Å². The normalized spacial score (nSPS) is 29.5. The van der Waals surface area contributed by atoms with E-state index in [1.54, 1.807) is 0 Å². The molecule has 1 heterocycles. The van der Waals surface area contributed by atoms with Gasteiger partial charge in [0.15, 0.2) is 0 Å². The maximum atomic E-state index is 12.3. The third kappa shape index (κ3) is 4.20. The molecule has 0 aromatic carbocycles. The number of likely N-dealkylation sites (tertiary alicyclic amines) is 1. The van der Waals surface area contributed by atoms with Gasteiger partial charge in [-0.25, -0.2) is 0 Å². The molecule has 2 rings (SSSR count). The van der Waals surface area contributed by atoms with Crippen LogP contribution in [-0.4, -0.2) is 30.4 Å². The van der Waals surface area contributed by atoms with Gasteiger partial charge in [0, 0.05) is 19.5 Å². The number of piperidine rings is 1. The molecule has 0 bridgehead atoms. The van der Waals surface area contributed by atoms with Gasteiger partial charge in [-0.3, -0.25) is 4.79 Å². The standard InChI is InChI=1S/C16H30N2O/c1-13-9-10-18(12-15(13)11-17)16(19)8-7-14-5-3-2-4-6-14/h13-15H,2-12,17H2,1H3. The quantitative estimate of drug-likeness (QED) is 0.850. The van der Waals surface area contributed by atoms with Crippen LogP contribution >= 0.6 is 0 Å². The Morgan fingerprint density at radius 2 is 1.95 bits per heavy atom. The third-order valence-corrected chi connectivity index (χ3v) is 5.26. The van der Waals surface area contributed by atoms with Gasteiger partial charge in [-0.15, -0.1) is 0 Å². The van der Waals surface area contributed by atoms with Crippen molar-refractivity contribution in [3.05, 3.63) is 0 Å².